The Morgan fingerprint density at radius 3 is 2.43 bits per heavy atom. The Morgan fingerprint density at radius 1 is 1.29 bits per heavy atom. The zero-order valence-electron chi connectivity index (χ0n) is 9.34. The summed E-state index contributed by atoms with van der Waals surface area (Å²) in [4.78, 5) is 4.60. The standard InChI is InChI=1S/C12H19NO/c1-12(2,3)11-13-10(8-14-11)9-6-4-5-7-9/h8-9H,4-7H2,1-3H3. The Labute approximate surface area is 85.7 Å². The van der Waals surface area contributed by atoms with Crippen molar-refractivity contribution in [3.05, 3.63) is 17.8 Å². The van der Waals surface area contributed by atoms with Crippen LogP contribution in [0.25, 0.3) is 0 Å². The fourth-order valence-corrected chi connectivity index (χ4v) is 2.04. The van der Waals surface area contributed by atoms with Crippen LogP contribution >= 0.6 is 0 Å². The molecule has 1 saturated carbocycles. The lowest BCUT2D eigenvalue weighted by atomic mass is 9.97. The van der Waals surface area contributed by atoms with Crippen LogP contribution in [0.2, 0.25) is 0 Å². The maximum absolute atomic E-state index is 5.53. The van der Waals surface area contributed by atoms with Crippen molar-refractivity contribution in [1.29, 1.82) is 0 Å². The molecular weight excluding hydrogens is 174 g/mol. The van der Waals surface area contributed by atoms with E-state index in [4.69, 9.17) is 4.42 Å². The van der Waals surface area contributed by atoms with E-state index in [2.05, 4.69) is 25.8 Å². The summed E-state index contributed by atoms with van der Waals surface area (Å²) in [6, 6.07) is 0. The molecule has 0 aromatic carbocycles. The molecule has 0 saturated heterocycles. The summed E-state index contributed by atoms with van der Waals surface area (Å²) in [7, 11) is 0. The van der Waals surface area contributed by atoms with Gasteiger partial charge < -0.3 is 4.42 Å². The SMILES string of the molecule is CC(C)(C)c1nc(C2CCCC2)co1. The lowest BCUT2D eigenvalue weighted by molar-refractivity contribution is 0.392. The summed E-state index contributed by atoms with van der Waals surface area (Å²) in [5.41, 5.74) is 1.21. The zero-order valence-corrected chi connectivity index (χ0v) is 9.34. The van der Waals surface area contributed by atoms with Crippen molar-refractivity contribution < 1.29 is 4.42 Å². The number of rotatable bonds is 1. The monoisotopic (exact) mass is 193 g/mol. The minimum absolute atomic E-state index is 0.0385. The quantitative estimate of drug-likeness (QED) is 0.680. The first-order valence-electron chi connectivity index (χ1n) is 5.53. The Balaban J connectivity index is 2.17. The van der Waals surface area contributed by atoms with Crippen LogP contribution in [0.15, 0.2) is 10.7 Å². The lowest BCUT2D eigenvalue weighted by Gasteiger charge is -2.12. The topological polar surface area (TPSA) is 26.0 Å². The molecule has 0 unspecified atom stereocenters. The van der Waals surface area contributed by atoms with Crippen molar-refractivity contribution in [1.82, 2.24) is 4.98 Å². The Hall–Kier alpha value is -0.790. The first-order chi connectivity index (χ1) is 6.57. The number of hydrogen-bond donors (Lipinski definition) is 0. The second-order valence-corrected chi connectivity index (χ2v) is 5.31. The van der Waals surface area contributed by atoms with Crippen LogP contribution in [0.4, 0.5) is 0 Å². The molecule has 1 aliphatic rings. The number of nitrogens with zero attached hydrogens (tertiary/aromatic N) is 1. The van der Waals surface area contributed by atoms with Gasteiger partial charge in [0, 0.05) is 11.3 Å². The molecule has 2 rings (SSSR count). The third-order valence-corrected chi connectivity index (χ3v) is 2.94. The van der Waals surface area contributed by atoms with Gasteiger partial charge in [0.05, 0.1) is 5.69 Å². The van der Waals surface area contributed by atoms with E-state index in [1.807, 2.05) is 6.26 Å². The van der Waals surface area contributed by atoms with Gasteiger partial charge in [0.2, 0.25) is 0 Å². The maximum Gasteiger partial charge on any atom is 0.199 e. The fourth-order valence-electron chi connectivity index (χ4n) is 2.04. The third-order valence-electron chi connectivity index (χ3n) is 2.94. The van der Waals surface area contributed by atoms with E-state index in [9.17, 15) is 0 Å². The highest BCUT2D eigenvalue weighted by Gasteiger charge is 2.24. The van der Waals surface area contributed by atoms with E-state index in [1.54, 1.807) is 0 Å². The van der Waals surface area contributed by atoms with E-state index in [0.29, 0.717) is 5.92 Å². The summed E-state index contributed by atoms with van der Waals surface area (Å²) in [6.45, 7) is 6.41. The number of hydrogen-bond acceptors (Lipinski definition) is 2. The molecule has 1 aromatic heterocycles. The minimum atomic E-state index is 0.0385. The molecule has 0 N–H and O–H groups in total. The van der Waals surface area contributed by atoms with Gasteiger partial charge in [0.25, 0.3) is 0 Å². The molecular formula is C12H19NO. The third kappa shape index (κ3) is 1.84. The fraction of sp³-hybridized carbons (Fsp3) is 0.750. The van der Waals surface area contributed by atoms with Gasteiger partial charge in [0.15, 0.2) is 5.89 Å². The molecule has 0 aliphatic heterocycles. The van der Waals surface area contributed by atoms with Gasteiger partial charge >= 0.3 is 0 Å². The van der Waals surface area contributed by atoms with Gasteiger partial charge in [-0.25, -0.2) is 4.98 Å². The van der Waals surface area contributed by atoms with Crippen LogP contribution in [0, 0.1) is 0 Å². The summed E-state index contributed by atoms with van der Waals surface area (Å²) in [6.07, 6.45) is 7.13. The Bertz CT molecular complexity index is 302. The molecule has 78 valence electrons. The van der Waals surface area contributed by atoms with Gasteiger partial charge in [-0.15, -0.1) is 0 Å². The maximum atomic E-state index is 5.53. The summed E-state index contributed by atoms with van der Waals surface area (Å²) < 4.78 is 5.53. The van der Waals surface area contributed by atoms with Crippen LogP contribution in [-0.2, 0) is 5.41 Å². The van der Waals surface area contributed by atoms with E-state index >= 15 is 0 Å². The van der Waals surface area contributed by atoms with Crippen molar-refractivity contribution >= 4 is 0 Å². The van der Waals surface area contributed by atoms with Crippen molar-refractivity contribution in [2.24, 2.45) is 0 Å². The molecule has 14 heavy (non-hydrogen) atoms. The summed E-state index contributed by atoms with van der Waals surface area (Å²) in [5.74, 6) is 1.54. The van der Waals surface area contributed by atoms with Gasteiger partial charge in [-0.1, -0.05) is 33.6 Å². The van der Waals surface area contributed by atoms with E-state index in [-0.39, 0.29) is 5.41 Å². The molecule has 0 radical (unpaired) electrons. The highest BCUT2D eigenvalue weighted by molar-refractivity contribution is 5.09. The molecule has 1 fully saturated rings. The highest BCUT2D eigenvalue weighted by Crippen LogP contribution is 2.34. The van der Waals surface area contributed by atoms with E-state index in [1.165, 1.54) is 31.4 Å². The lowest BCUT2D eigenvalue weighted by Crippen LogP contribution is -2.11. The molecule has 1 aromatic rings. The predicted octanol–water partition coefficient (Wildman–Crippen LogP) is 3.63. The van der Waals surface area contributed by atoms with Gasteiger partial charge in [-0.3, -0.25) is 0 Å². The first kappa shape index (κ1) is 9.75. The molecule has 0 bridgehead atoms. The largest absolute Gasteiger partial charge is 0.448 e. The van der Waals surface area contributed by atoms with Crippen molar-refractivity contribution in [3.8, 4) is 0 Å². The van der Waals surface area contributed by atoms with Gasteiger partial charge in [-0.2, -0.15) is 0 Å². The summed E-state index contributed by atoms with van der Waals surface area (Å²) >= 11 is 0. The average Bonchev–Trinajstić information content (AvgIpc) is 2.73. The summed E-state index contributed by atoms with van der Waals surface area (Å²) in [5, 5.41) is 0. The zero-order chi connectivity index (χ0) is 10.2. The van der Waals surface area contributed by atoms with Crippen LogP contribution in [0.1, 0.15) is 64.0 Å². The smallest absolute Gasteiger partial charge is 0.199 e. The molecule has 1 aliphatic carbocycles. The second kappa shape index (κ2) is 3.41. The van der Waals surface area contributed by atoms with Gasteiger partial charge in [-0.05, 0) is 12.8 Å². The van der Waals surface area contributed by atoms with Crippen molar-refractivity contribution in [3.63, 3.8) is 0 Å². The average molecular weight is 193 g/mol. The van der Waals surface area contributed by atoms with Crippen LogP contribution in [-0.4, -0.2) is 4.98 Å². The second-order valence-electron chi connectivity index (χ2n) is 5.31. The molecule has 2 nitrogen and oxygen atoms in total. The minimum Gasteiger partial charge on any atom is -0.448 e. The Kier molecular flexibility index (Phi) is 2.38. The molecule has 0 amide bonds. The van der Waals surface area contributed by atoms with Crippen LogP contribution < -0.4 is 0 Å². The molecule has 0 spiro atoms. The van der Waals surface area contributed by atoms with Crippen LogP contribution in [0.3, 0.4) is 0 Å². The van der Waals surface area contributed by atoms with Gasteiger partial charge in [0.1, 0.15) is 6.26 Å². The first-order valence-corrected chi connectivity index (χ1v) is 5.53. The Morgan fingerprint density at radius 2 is 1.93 bits per heavy atom. The van der Waals surface area contributed by atoms with Crippen LogP contribution in [0.5, 0.6) is 0 Å². The highest BCUT2D eigenvalue weighted by atomic mass is 16.3. The number of aromatic nitrogens is 1. The molecule has 1 heterocycles. The molecule has 0 atom stereocenters. The molecule has 2 heteroatoms. The van der Waals surface area contributed by atoms with E-state index < -0.39 is 0 Å². The van der Waals surface area contributed by atoms with Crippen molar-refractivity contribution in [2.75, 3.05) is 0 Å². The van der Waals surface area contributed by atoms with E-state index in [0.717, 1.165) is 5.89 Å². The normalized spacial score (nSPS) is 19.1. The van der Waals surface area contributed by atoms with Crippen molar-refractivity contribution in [2.45, 2.75) is 57.8 Å². The number of oxazole rings is 1. The predicted molar refractivity (Wildman–Crippen MR) is 56.4 cm³/mol.